The molecule has 2 amide bonds. The molecule has 0 fully saturated rings. The average Bonchev–Trinajstić information content (AvgIpc) is 3.07. The number of imide groups is 1. The number of rotatable bonds is 6. The Balaban J connectivity index is 1.41. The highest BCUT2D eigenvalue weighted by atomic mass is 19.4. The summed E-state index contributed by atoms with van der Waals surface area (Å²) in [4.78, 5) is 26.0. The fraction of sp³-hybridized carbons (Fsp3) is 0.214. The molecule has 172 valence electrons. The molecule has 3 aromatic rings. The maximum absolute atomic E-state index is 13.1. The summed E-state index contributed by atoms with van der Waals surface area (Å²) >= 11 is 0. The first-order valence-corrected chi connectivity index (χ1v) is 11.0. The number of carbonyl (C=O) groups excluding carboxylic acids is 2. The predicted molar refractivity (Wildman–Crippen MR) is 124 cm³/mol. The van der Waals surface area contributed by atoms with E-state index in [9.17, 15) is 22.8 Å². The zero-order valence-electron chi connectivity index (χ0n) is 18.3. The van der Waals surface area contributed by atoms with Crippen molar-refractivity contribution in [1.82, 2.24) is 4.90 Å². The number of fused-ring (bicyclic) bond motifs is 1. The molecule has 0 radical (unpaired) electrons. The van der Waals surface area contributed by atoms with E-state index in [1.54, 1.807) is 36.4 Å². The van der Waals surface area contributed by atoms with Gasteiger partial charge in [-0.05, 0) is 48.2 Å². The number of alkyl halides is 3. The summed E-state index contributed by atoms with van der Waals surface area (Å²) < 4.78 is 39.4. The maximum Gasteiger partial charge on any atom is 0.390 e. The second kappa shape index (κ2) is 9.96. The van der Waals surface area contributed by atoms with Crippen molar-refractivity contribution in [3.8, 4) is 23.0 Å². The molecule has 1 atom stereocenters. The van der Waals surface area contributed by atoms with Crippen LogP contribution in [0.2, 0.25) is 0 Å². The van der Waals surface area contributed by atoms with Crippen LogP contribution < -0.4 is 0 Å². The van der Waals surface area contributed by atoms with Crippen LogP contribution in [0.1, 0.15) is 45.5 Å². The van der Waals surface area contributed by atoms with Gasteiger partial charge in [0, 0.05) is 18.0 Å². The van der Waals surface area contributed by atoms with Crippen LogP contribution in [-0.4, -0.2) is 29.4 Å². The molecule has 34 heavy (non-hydrogen) atoms. The summed E-state index contributed by atoms with van der Waals surface area (Å²) in [5.41, 5.74) is 3.34. The normalized spacial score (nSPS) is 13.9. The minimum absolute atomic E-state index is 0.0636. The van der Waals surface area contributed by atoms with E-state index in [-0.39, 0.29) is 19.4 Å². The topological polar surface area (TPSA) is 37.4 Å². The second-order valence-electron chi connectivity index (χ2n) is 8.18. The van der Waals surface area contributed by atoms with Gasteiger partial charge in [0.1, 0.15) is 0 Å². The van der Waals surface area contributed by atoms with E-state index in [1.807, 2.05) is 42.5 Å². The van der Waals surface area contributed by atoms with Crippen LogP contribution in [-0.2, 0) is 0 Å². The summed E-state index contributed by atoms with van der Waals surface area (Å²) in [7, 11) is 0. The Morgan fingerprint density at radius 2 is 1.32 bits per heavy atom. The fourth-order valence-corrected chi connectivity index (χ4v) is 4.00. The van der Waals surface area contributed by atoms with Crippen LogP contribution in [0.25, 0.3) is 11.1 Å². The van der Waals surface area contributed by atoms with Gasteiger partial charge in [-0.3, -0.25) is 14.5 Å². The standard InChI is InChI=1S/C28H22F3NO2/c29-28(30,31)19-21(7-6-18-32-26(33)24-10-4-5-11-25(24)27(32)34)13-12-20-14-16-23(17-15-20)22-8-2-1-3-9-22/h1-5,8-11,14-17,21H,6-7,18-19H2. The number of halogens is 3. The van der Waals surface area contributed by atoms with E-state index in [4.69, 9.17) is 0 Å². The number of benzene rings is 3. The molecular formula is C28H22F3NO2. The van der Waals surface area contributed by atoms with Gasteiger partial charge in [-0.25, -0.2) is 0 Å². The van der Waals surface area contributed by atoms with E-state index >= 15 is 0 Å². The summed E-state index contributed by atoms with van der Waals surface area (Å²) in [6, 6.07) is 23.6. The minimum Gasteiger partial charge on any atom is -0.274 e. The maximum atomic E-state index is 13.1. The molecule has 0 spiro atoms. The highest BCUT2D eigenvalue weighted by molar-refractivity contribution is 6.21. The largest absolute Gasteiger partial charge is 0.390 e. The molecule has 0 N–H and O–H groups in total. The van der Waals surface area contributed by atoms with Crippen molar-refractivity contribution in [3.05, 3.63) is 95.6 Å². The Hall–Kier alpha value is -3.85. The smallest absolute Gasteiger partial charge is 0.274 e. The summed E-state index contributed by atoms with van der Waals surface area (Å²) in [6.45, 7) is 0.0636. The summed E-state index contributed by atoms with van der Waals surface area (Å²) in [6.07, 6.45) is -5.02. The zero-order valence-corrected chi connectivity index (χ0v) is 18.3. The van der Waals surface area contributed by atoms with E-state index in [0.29, 0.717) is 16.7 Å². The monoisotopic (exact) mass is 461 g/mol. The van der Waals surface area contributed by atoms with Crippen molar-refractivity contribution in [1.29, 1.82) is 0 Å². The lowest BCUT2D eigenvalue weighted by Crippen LogP contribution is -2.31. The highest BCUT2D eigenvalue weighted by Crippen LogP contribution is 2.28. The zero-order chi connectivity index (χ0) is 24.1. The van der Waals surface area contributed by atoms with Gasteiger partial charge in [0.25, 0.3) is 11.8 Å². The average molecular weight is 461 g/mol. The van der Waals surface area contributed by atoms with Gasteiger partial charge in [0.15, 0.2) is 0 Å². The molecule has 4 rings (SSSR count). The molecule has 0 bridgehead atoms. The Labute approximate surface area is 196 Å². The Morgan fingerprint density at radius 1 is 0.765 bits per heavy atom. The Kier molecular flexibility index (Phi) is 6.83. The summed E-state index contributed by atoms with van der Waals surface area (Å²) in [5, 5.41) is 0. The first-order chi connectivity index (χ1) is 16.3. The third-order valence-corrected chi connectivity index (χ3v) is 5.70. The summed E-state index contributed by atoms with van der Waals surface area (Å²) in [5.74, 6) is 3.88. The molecule has 1 heterocycles. The number of amides is 2. The minimum atomic E-state index is -4.36. The van der Waals surface area contributed by atoms with Crippen molar-refractivity contribution in [2.24, 2.45) is 5.92 Å². The second-order valence-corrected chi connectivity index (χ2v) is 8.18. The lowest BCUT2D eigenvalue weighted by atomic mass is 9.98. The van der Waals surface area contributed by atoms with Gasteiger partial charge >= 0.3 is 6.18 Å². The Bertz CT molecular complexity index is 1200. The highest BCUT2D eigenvalue weighted by Gasteiger charge is 2.35. The molecule has 3 aromatic carbocycles. The molecule has 1 unspecified atom stereocenters. The third-order valence-electron chi connectivity index (χ3n) is 5.70. The number of hydrogen-bond donors (Lipinski definition) is 0. The van der Waals surface area contributed by atoms with Gasteiger partial charge in [0.05, 0.1) is 17.5 Å². The number of hydrogen-bond acceptors (Lipinski definition) is 2. The van der Waals surface area contributed by atoms with Crippen LogP contribution in [0.4, 0.5) is 13.2 Å². The first kappa shape index (κ1) is 23.3. The van der Waals surface area contributed by atoms with Crippen LogP contribution in [0.15, 0.2) is 78.9 Å². The quantitative estimate of drug-likeness (QED) is 0.317. The van der Waals surface area contributed by atoms with Crippen molar-refractivity contribution < 1.29 is 22.8 Å². The van der Waals surface area contributed by atoms with E-state index < -0.39 is 30.3 Å². The molecular weight excluding hydrogens is 439 g/mol. The van der Waals surface area contributed by atoms with Crippen molar-refractivity contribution in [2.45, 2.75) is 25.4 Å². The Morgan fingerprint density at radius 3 is 1.91 bits per heavy atom. The lowest BCUT2D eigenvalue weighted by molar-refractivity contribution is -0.141. The molecule has 1 aliphatic rings. The van der Waals surface area contributed by atoms with E-state index in [1.165, 1.54) is 0 Å². The van der Waals surface area contributed by atoms with Gasteiger partial charge < -0.3 is 0 Å². The fourth-order valence-electron chi connectivity index (χ4n) is 4.00. The van der Waals surface area contributed by atoms with Gasteiger partial charge in [0.2, 0.25) is 0 Å². The van der Waals surface area contributed by atoms with Crippen molar-refractivity contribution in [2.75, 3.05) is 6.54 Å². The third kappa shape index (κ3) is 5.55. The first-order valence-electron chi connectivity index (χ1n) is 11.0. The van der Waals surface area contributed by atoms with Crippen LogP contribution in [0.5, 0.6) is 0 Å². The van der Waals surface area contributed by atoms with Crippen molar-refractivity contribution >= 4 is 11.8 Å². The molecule has 1 aliphatic heterocycles. The molecule has 0 saturated carbocycles. The molecule has 3 nitrogen and oxygen atoms in total. The van der Waals surface area contributed by atoms with Crippen molar-refractivity contribution in [3.63, 3.8) is 0 Å². The number of nitrogens with zero attached hydrogens (tertiary/aromatic N) is 1. The molecule has 6 heteroatoms. The SMILES string of the molecule is O=C1c2ccccc2C(=O)N1CCCC(C#Cc1ccc(-c2ccccc2)cc1)CC(F)(F)F. The number of carbonyl (C=O) groups is 2. The van der Waals surface area contributed by atoms with Gasteiger partial charge in [-0.2, -0.15) is 13.2 Å². The molecule has 0 aliphatic carbocycles. The molecule has 0 aromatic heterocycles. The van der Waals surface area contributed by atoms with Crippen LogP contribution in [0, 0.1) is 17.8 Å². The predicted octanol–water partition coefficient (Wildman–Crippen LogP) is 6.35. The van der Waals surface area contributed by atoms with E-state index in [2.05, 4.69) is 11.8 Å². The molecule has 0 saturated heterocycles. The van der Waals surface area contributed by atoms with Crippen LogP contribution in [0.3, 0.4) is 0 Å². The van der Waals surface area contributed by atoms with Gasteiger partial charge in [-0.1, -0.05) is 66.4 Å². The lowest BCUT2D eigenvalue weighted by Gasteiger charge is -2.17. The van der Waals surface area contributed by atoms with E-state index in [0.717, 1.165) is 16.0 Å². The van der Waals surface area contributed by atoms with Gasteiger partial charge in [-0.15, -0.1) is 0 Å². The van der Waals surface area contributed by atoms with Crippen LogP contribution >= 0.6 is 0 Å².